The van der Waals surface area contributed by atoms with Crippen molar-refractivity contribution >= 4 is 35.3 Å². The number of ether oxygens (including phenoxy) is 2. The first-order valence-electron chi connectivity index (χ1n) is 20.4. The number of aromatic nitrogens is 2. The summed E-state index contributed by atoms with van der Waals surface area (Å²) in [6.45, 7) is 12.7. The predicted molar refractivity (Wildman–Crippen MR) is 234 cm³/mol. The van der Waals surface area contributed by atoms with Crippen LogP contribution in [0, 0.1) is 10.8 Å². The number of carbonyl (C=O) groups excluding carboxylic acids is 4. The molecule has 61 heavy (non-hydrogen) atoms. The highest BCUT2D eigenvalue weighted by Gasteiger charge is 2.44. The second kappa shape index (κ2) is 20.9. The molecule has 5 rings (SSSR count). The van der Waals surface area contributed by atoms with Crippen LogP contribution in [-0.4, -0.2) is 112 Å². The summed E-state index contributed by atoms with van der Waals surface area (Å²) >= 11 is 1.47. The van der Waals surface area contributed by atoms with Gasteiger partial charge in [0.15, 0.2) is 0 Å². The average Bonchev–Trinajstić information content (AvgIpc) is 3.81. The minimum atomic E-state index is -1.23. The van der Waals surface area contributed by atoms with Crippen LogP contribution in [0.3, 0.4) is 0 Å². The highest BCUT2D eigenvalue weighted by atomic mass is 32.1. The van der Waals surface area contributed by atoms with E-state index >= 15 is 0 Å². The highest BCUT2D eigenvalue weighted by molar-refractivity contribution is 7.09. The van der Waals surface area contributed by atoms with E-state index in [0.29, 0.717) is 26.2 Å². The number of aliphatic hydroxyl groups excluding tert-OH is 1. The Bertz CT molecular complexity index is 2050. The van der Waals surface area contributed by atoms with Crippen LogP contribution in [0.5, 0.6) is 0 Å². The Kier molecular flexibility index (Phi) is 16.0. The number of hydrogen-bond acceptors (Lipinski definition) is 11. The SMILES string of the molecule is COCc1nc(CN2CCN([C@H](C(=O)N[C@H](Cc3ccccc3)[C@@H](O)CN(Cc3ccc(-c4ccccn4)cc3)NC(=O)[C@@H](NC(=O)OC)C(C)(C)C)C(C)(C)C)C2=O)cs1. The third kappa shape index (κ3) is 13.0. The number of benzene rings is 2. The highest BCUT2D eigenvalue weighted by Crippen LogP contribution is 2.29. The van der Waals surface area contributed by atoms with E-state index < -0.39 is 53.0 Å². The Morgan fingerprint density at radius 1 is 0.885 bits per heavy atom. The van der Waals surface area contributed by atoms with Gasteiger partial charge in [-0.25, -0.2) is 19.6 Å². The van der Waals surface area contributed by atoms with Gasteiger partial charge in [-0.15, -0.1) is 11.3 Å². The number of methoxy groups -OCH3 is 2. The first kappa shape index (κ1) is 46.6. The molecule has 0 radical (unpaired) electrons. The number of amides is 5. The Hall–Kier alpha value is -5.42. The quantitative estimate of drug-likeness (QED) is 0.0949. The molecule has 0 aliphatic carbocycles. The number of carbonyl (C=O) groups is 4. The lowest BCUT2D eigenvalue weighted by Crippen LogP contribution is -2.61. The van der Waals surface area contributed by atoms with Crippen LogP contribution in [0.4, 0.5) is 9.59 Å². The van der Waals surface area contributed by atoms with Gasteiger partial charge in [-0.2, -0.15) is 0 Å². The number of urea groups is 1. The van der Waals surface area contributed by atoms with Crippen molar-refractivity contribution in [1.29, 1.82) is 0 Å². The van der Waals surface area contributed by atoms with Crippen LogP contribution >= 0.6 is 11.3 Å². The predicted octanol–water partition coefficient (Wildman–Crippen LogP) is 5.40. The molecular weight excluding hydrogens is 797 g/mol. The molecule has 3 heterocycles. The molecule has 1 saturated heterocycles. The van der Waals surface area contributed by atoms with Gasteiger partial charge < -0.3 is 35.0 Å². The van der Waals surface area contributed by atoms with E-state index in [1.54, 1.807) is 28.1 Å². The Morgan fingerprint density at radius 2 is 1.59 bits per heavy atom. The maximum Gasteiger partial charge on any atom is 0.407 e. The fraction of sp³-hybridized carbons (Fsp3) is 0.467. The molecular formula is C45H60N8O7S. The molecule has 1 aliphatic rings. The molecule has 4 aromatic rings. The number of rotatable bonds is 18. The van der Waals surface area contributed by atoms with E-state index in [9.17, 15) is 24.3 Å². The summed E-state index contributed by atoms with van der Waals surface area (Å²) in [5, 5.41) is 22.3. The minimum absolute atomic E-state index is 0.115. The molecule has 2 aromatic carbocycles. The van der Waals surface area contributed by atoms with Crippen molar-refractivity contribution in [3.05, 3.63) is 106 Å². The number of pyridine rings is 1. The summed E-state index contributed by atoms with van der Waals surface area (Å²) in [4.78, 5) is 67.3. The molecule has 2 aromatic heterocycles. The fourth-order valence-corrected chi connectivity index (χ4v) is 8.07. The van der Waals surface area contributed by atoms with Gasteiger partial charge in [0, 0.05) is 50.4 Å². The molecule has 1 fully saturated rings. The van der Waals surface area contributed by atoms with Crippen molar-refractivity contribution in [2.75, 3.05) is 33.9 Å². The van der Waals surface area contributed by atoms with E-state index in [1.165, 1.54) is 18.4 Å². The van der Waals surface area contributed by atoms with Crippen molar-refractivity contribution in [3.8, 4) is 11.3 Å². The van der Waals surface area contributed by atoms with E-state index in [0.717, 1.165) is 33.1 Å². The molecule has 0 bridgehead atoms. The Balaban J connectivity index is 1.41. The van der Waals surface area contributed by atoms with Crippen LogP contribution in [0.25, 0.3) is 11.3 Å². The topological polar surface area (TPSA) is 179 Å². The van der Waals surface area contributed by atoms with Gasteiger partial charge in [0.05, 0.1) is 43.8 Å². The number of alkyl carbamates (subject to hydrolysis) is 1. The molecule has 0 saturated carbocycles. The van der Waals surface area contributed by atoms with Crippen molar-refractivity contribution < 1.29 is 33.8 Å². The number of nitrogens with zero attached hydrogens (tertiary/aromatic N) is 5. The maximum atomic E-state index is 14.6. The average molecular weight is 857 g/mol. The van der Waals surface area contributed by atoms with Gasteiger partial charge in [0.2, 0.25) is 5.91 Å². The summed E-state index contributed by atoms with van der Waals surface area (Å²) in [7, 11) is 2.84. The zero-order valence-corrected chi connectivity index (χ0v) is 37.2. The van der Waals surface area contributed by atoms with Crippen LogP contribution in [0.15, 0.2) is 84.4 Å². The summed E-state index contributed by atoms with van der Waals surface area (Å²) in [5.74, 6) is -0.925. The third-order valence-electron chi connectivity index (χ3n) is 10.4. The minimum Gasteiger partial charge on any atom is -0.453 e. The number of aliphatic hydroxyl groups is 1. The monoisotopic (exact) mass is 856 g/mol. The van der Waals surface area contributed by atoms with Gasteiger partial charge in [-0.3, -0.25) is 20.0 Å². The van der Waals surface area contributed by atoms with E-state index in [-0.39, 0.29) is 25.5 Å². The van der Waals surface area contributed by atoms with Crippen molar-refractivity contribution in [3.63, 3.8) is 0 Å². The van der Waals surface area contributed by atoms with E-state index in [2.05, 4.69) is 26.0 Å². The third-order valence-corrected chi connectivity index (χ3v) is 11.2. The van der Waals surface area contributed by atoms with Crippen molar-refractivity contribution in [1.82, 2.24) is 40.8 Å². The van der Waals surface area contributed by atoms with Gasteiger partial charge in [0.25, 0.3) is 5.91 Å². The summed E-state index contributed by atoms with van der Waals surface area (Å²) in [5.41, 5.74) is 5.72. The Labute approximate surface area is 362 Å². The van der Waals surface area contributed by atoms with Crippen LogP contribution in [0.1, 0.15) is 63.4 Å². The van der Waals surface area contributed by atoms with Crippen molar-refractivity contribution in [2.24, 2.45) is 10.8 Å². The second-order valence-corrected chi connectivity index (χ2v) is 18.3. The van der Waals surface area contributed by atoms with Crippen molar-refractivity contribution in [2.45, 2.75) is 91.9 Å². The maximum absolute atomic E-state index is 14.6. The lowest BCUT2D eigenvalue weighted by Gasteiger charge is -2.38. The molecule has 0 spiro atoms. The molecule has 5 amide bonds. The summed E-state index contributed by atoms with van der Waals surface area (Å²) < 4.78 is 10.0. The first-order valence-corrected chi connectivity index (χ1v) is 21.2. The van der Waals surface area contributed by atoms with Gasteiger partial charge >= 0.3 is 12.1 Å². The zero-order chi connectivity index (χ0) is 44.3. The van der Waals surface area contributed by atoms with E-state index in [4.69, 9.17) is 9.47 Å². The molecule has 4 atom stereocenters. The number of nitrogens with one attached hydrogen (secondary N) is 3. The standard InChI is InChI=1S/C45H60N8O7S/c1-44(2,3)38(49-42(57)60-8)40(55)50-52(25-31-17-19-32(20-18-31)34-16-12-13-21-46-34)27-36(54)35(24-30-14-10-9-11-15-30)48-41(56)39(45(4,5)6)53-23-22-51(43(53)58)26-33-29-61-37(47-33)28-59-7/h9-21,29,35-36,38-39,54H,22-28H2,1-8H3,(H,48,56)(H,49,57)(H,50,55)/t35-,36+,38-,39-/m1/s1. The van der Waals surface area contributed by atoms with Gasteiger partial charge in [-0.1, -0.05) is 102 Å². The normalized spacial score (nSPS) is 15.3. The van der Waals surface area contributed by atoms with Gasteiger partial charge in [0.1, 0.15) is 17.1 Å². The molecule has 0 unspecified atom stereocenters. The number of hydrogen-bond donors (Lipinski definition) is 4. The number of thiazole rings is 1. The molecule has 15 nitrogen and oxygen atoms in total. The molecule has 328 valence electrons. The lowest BCUT2D eigenvalue weighted by atomic mass is 9.84. The molecule has 1 aliphatic heterocycles. The Morgan fingerprint density at radius 3 is 2.21 bits per heavy atom. The summed E-state index contributed by atoms with van der Waals surface area (Å²) in [6.07, 6.45) is -0.000650. The smallest absolute Gasteiger partial charge is 0.407 e. The number of hydrazine groups is 1. The summed E-state index contributed by atoms with van der Waals surface area (Å²) in [6, 6.07) is 19.9. The largest absolute Gasteiger partial charge is 0.453 e. The first-order chi connectivity index (χ1) is 29.0. The van der Waals surface area contributed by atoms with Crippen LogP contribution in [-0.2, 0) is 45.2 Å². The zero-order valence-electron chi connectivity index (χ0n) is 36.4. The fourth-order valence-electron chi connectivity index (χ4n) is 7.32. The van der Waals surface area contributed by atoms with Crippen LogP contribution < -0.4 is 16.1 Å². The van der Waals surface area contributed by atoms with Crippen LogP contribution in [0.2, 0.25) is 0 Å². The second-order valence-electron chi connectivity index (χ2n) is 17.4. The molecule has 16 heteroatoms. The van der Waals surface area contributed by atoms with E-state index in [1.807, 2.05) is 120 Å². The van der Waals surface area contributed by atoms with Gasteiger partial charge in [-0.05, 0) is 40.5 Å². The molecule has 4 N–H and O–H groups in total. The lowest BCUT2D eigenvalue weighted by molar-refractivity contribution is -0.133.